The summed E-state index contributed by atoms with van der Waals surface area (Å²) in [6.07, 6.45) is 5.88. The van der Waals surface area contributed by atoms with Gasteiger partial charge in [-0.25, -0.2) is 0 Å². The van der Waals surface area contributed by atoms with Gasteiger partial charge >= 0.3 is 0 Å². The van der Waals surface area contributed by atoms with Crippen LogP contribution in [0.1, 0.15) is 21.6 Å². The maximum absolute atomic E-state index is 12.4. The average Bonchev–Trinajstić information content (AvgIpc) is 2.46. The number of rotatable bonds is 1. The third-order valence-electron chi connectivity index (χ3n) is 3.20. The monoisotopic (exact) mass is 317 g/mol. The van der Waals surface area contributed by atoms with Crippen molar-refractivity contribution < 1.29 is 4.79 Å². The average molecular weight is 318 g/mol. The number of amides is 1. The Hall–Kier alpha value is -1.75. The molecule has 0 aliphatic carbocycles. The lowest BCUT2D eigenvalue weighted by Crippen LogP contribution is -2.36. The van der Waals surface area contributed by atoms with E-state index in [1.807, 2.05) is 17.0 Å². The molecule has 0 N–H and O–H groups in total. The fourth-order valence-corrected chi connectivity index (χ4v) is 2.62. The molecule has 0 atom stereocenters. The molecule has 5 heteroatoms. The van der Waals surface area contributed by atoms with E-state index in [4.69, 9.17) is 0 Å². The molecule has 1 amide bonds. The Labute approximate surface area is 119 Å². The fourth-order valence-electron chi connectivity index (χ4n) is 2.25. The largest absolute Gasteiger partial charge is 0.334 e. The molecule has 0 unspecified atom stereocenters. The van der Waals surface area contributed by atoms with Gasteiger partial charge in [0.05, 0.1) is 5.56 Å². The van der Waals surface area contributed by atoms with Crippen LogP contribution in [0.3, 0.4) is 0 Å². The Morgan fingerprint density at radius 1 is 1.37 bits per heavy atom. The van der Waals surface area contributed by atoms with Crippen molar-refractivity contribution in [3.8, 4) is 0 Å². The molecule has 0 spiro atoms. The van der Waals surface area contributed by atoms with Crippen LogP contribution < -0.4 is 0 Å². The number of nitrogens with zero attached hydrogens (tertiary/aromatic N) is 3. The van der Waals surface area contributed by atoms with Crippen LogP contribution in [0, 0.1) is 0 Å². The van der Waals surface area contributed by atoms with E-state index in [9.17, 15) is 4.79 Å². The van der Waals surface area contributed by atoms with Gasteiger partial charge in [-0.15, -0.1) is 0 Å². The first-order valence-electron chi connectivity index (χ1n) is 6.06. The van der Waals surface area contributed by atoms with Gasteiger partial charge in [0.15, 0.2) is 0 Å². The number of carbonyl (C=O) groups is 1. The molecular formula is C14H12BrN3O. The van der Waals surface area contributed by atoms with E-state index in [1.54, 1.807) is 24.7 Å². The van der Waals surface area contributed by atoms with Gasteiger partial charge in [-0.1, -0.05) is 6.07 Å². The van der Waals surface area contributed by atoms with Crippen LogP contribution in [0.25, 0.3) is 0 Å². The summed E-state index contributed by atoms with van der Waals surface area (Å²) in [6.45, 7) is 1.32. The van der Waals surface area contributed by atoms with Gasteiger partial charge < -0.3 is 4.90 Å². The first-order valence-corrected chi connectivity index (χ1v) is 6.86. The number of hydrogen-bond donors (Lipinski definition) is 0. The molecule has 96 valence electrons. The molecule has 1 aliphatic heterocycles. The summed E-state index contributed by atoms with van der Waals surface area (Å²) in [7, 11) is 0. The van der Waals surface area contributed by atoms with E-state index in [0.29, 0.717) is 18.7 Å². The maximum atomic E-state index is 12.4. The van der Waals surface area contributed by atoms with Crippen LogP contribution in [0.5, 0.6) is 0 Å². The van der Waals surface area contributed by atoms with Crippen LogP contribution >= 0.6 is 15.9 Å². The number of pyridine rings is 2. The van der Waals surface area contributed by atoms with Crippen molar-refractivity contribution in [2.24, 2.45) is 0 Å². The number of carbonyl (C=O) groups excluding carboxylic acids is 1. The van der Waals surface area contributed by atoms with Gasteiger partial charge in [0.1, 0.15) is 0 Å². The second-order valence-corrected chi connectivity index (χ2v) is 5.39. The Morgan fingerprint density at radius 2 is 2.26 bits per heavy atom. The molecule has 0 fully saturated rings. The highest BCUT2D eigenvalue weighted by molar-refractivity contribution is 9.10. The Morgan fingerprint density at radius 3 is 3.11 bits per heavy atom. The quantitative estimate of drug-likeness (QED) is 0.811. The van der Waals surface area contributed by atoms with Gasteiger partial charge in [0, 0.05) is 48.3 Å². The summed E-state index contributed by atoms with van der Waals surface area (Å²) in [5.41, 5.74) is 2.84. The number of hydrogen-bond acceptors (Lipinski definition) is 3. The molecule has 1 aliphatic rings. The molecule has 0 bridgehead atoms. The van der Waals surface area contributed by atoms with E-state index in [0.717, 1.165) is 22.2 Å². The normalized spacial score (nSPS) is 14.1. The Kier molecular flexibility index (Phi) is 3.29. The molecule has 19 heavy (non-hydrogen) atoms. The summed E-state index contributed by atoms with van der Waals surface area (Å²) in [6, 6.07) is 5.74. The number of aromatic nitrogens is 2. The van der Waals surface area contributed by atoms with Crippen molar-refractivity contribution in [1.82, 2.24) is 14.9 Å². The van der Waals surface area contributed by atoms with Gasteiger partial charge in [0.25, 0.3) is 5.91 Å². The predicted octanol–water partition coefficient (Wildman–Crippen LogP) is 2.44. The minimum atomic E-state index is 0.0169. The molecular weight excluding hydrogens is 306 g/mol. The standard InChI is InChI=1S/C14H12BrN3O/c15-12-6-11(7-16-8-12)14(19)18-5-3-13-10(9-18)2-1-4-17-13/h1-2,4,6-8H,3,5,9H2. The molecule has 0 aromatic carbocycles. The van der Waals surface area contributed by atoms with Crippen molar-refractivity contribution in [2.45, 2.75) is 13.0 Å². The van der Waals surface area contributed by atoms with E-state index in [2.05, 4.69) is 25.9 Å². The zero-order chi connectivity index (χ0) is 13.2. The molecule has 2 aromatic heterocycles. The minimum Gasteiger partial charge on any atom is -0.334 e. The highest BCUT2D eigenvalue weighted by atomic mass is 79.9. The second-order valence-electron chi connectivity index (χ2n) is 4.48. The molecule has 0 saturated heterocycles. The third kappa shape index (κ3) is 2.51. The van der Waals surface area contributed by atoms with Gasteiger partial charge in [-0.05, 0) is 33.6 Å². The van der Waals surface area contributed by atoms with E-state index in [-0.39, 0.29) is 5.91 Å². The summed E-state index contributed by atoms with van der Waals surface area (Å²) >= 11 is 3.34. The van der Waals surface area contributed by atoms with E-state index >= 15 is 0 Å². The summed E-state index contributed by atoms with van der Waals surface area (Å²) in [5.74, 6) is 0.0169. The minimum absolute atomic E-state index is 0.0169. The van der Waals surface area contributed by atoms with Gasteiger partial charge in [-0.2, -0.15) is 0 Å². The van der Waals surface area contributed by atoms with Crippen LogP contribution in [0.4, 0.5) is 0 Å². The van der Waals surface area contributed by atoms with Crippen molar-refractivity contribution in [2.75, 3.05) is 6.54 Å². The molecule has 3 heterocycles. The zero-order valence-corrected chi connectivity index (χ0v) is 11.8. The van der Waals surface area contributed by atoms with Crippen molar-refractivity contribution in [1.29, 1.82) is 0 Å². The lowest BCUT2D eigenvalue weighted by molar-refractivity contribution is 0.0733. The van der Waals surface area contributed by atoms with Crippen molar-refractivity contribution >= 4 is 21.8 Å². The van der Waals surface area contributed by atoms with E-state index < -0.39 is 0 Å². The number of halogens is 1. The lowest BCUT2D eigenvalue weighted by Gasteiger charge is -2.28. The Balaban J connectivity index is 1.83. The Bertz CT molecular complexity index is 630. The van der Waals surface area contributed by atoms with Crippen LogP contribution in [-0.4, -0.2) is 27.3 Å². The highest BCUT2D eigenvalue weighted by Crippen LogP contribution is 2.19. The van der Waals surface area contributed by atoms with Crippen LogP contribution in [-0.2, 0) is 13.0 Å². The van der Waals surface area contributed by atoms with Crippen molar-refractivity contribution in [3.05, 3.63) is 58.1 Å². The predicted molar refractivity (Wildman–Crippen MR) is 74.6 cm³/mol. The molecule has 4 nitrogen and oxygen atoms in total. The first kappa shape index (κ1) is 12.3. The van der Waals surface area contributed by atoms with Crippen LogP contribution in [0.2, 0.25) is 0 Å². The fraction of sp³-hybridized carbons (Fsp3) is 0.214. The maximum Gasteiger partial charge on any atom is 0.255 e. The summed E-state index contributed by atoms with van der Waals surface area (Å²) in [5, 5.41) is 0. The summed E-state index contributed by atoms with van der Waals surface area (Å²) < 4.78 is 0.817. The van der Waals surface area contributed by atoms with Gasteiger partial charge in [0.2, 0.25) is 0 Å². The zero-order valence-electron chi connectivity index (χ0n) is 10.2. The molecule has 2 aromatic rings. The first-order chi connectivity index (χ1) is 9.24. The van der Waals surface area contributed by atoms with E-state index in [1.165, 1.54) is 0 Å². The highest BCUT2D eigenvalue weighted by Gasteiger charge is 2.22. The molecule has 0 saturated carbocycles. The lowest BCUT2D eigenvalue weighted by atomic mass is 10.1. The summed E-state index contributed by atoms with van der Waals surface area (Å²) in [4.78, 5) is 22.6. The number of fused-ring (bicyclic) bond motifs is 1. The smallest absolute Gasteiger partial charge is 0.255 e. The third-order valence-corrected chi connectivity index (χ3v) is 3.64. The van der Waals surface area contributed by atoms with Crippen LogP contribution in [0.15, 0.2) is 41.3 Å². The SMILES string of the molecule is O=C(c1cncc(Br)c1)N1CCc2ncccc2C1. The topological polar surface area (TPSA) is 46.1 Å². The molecule has 3 rings (SSSR count). The van der Waals surface area contributed by atoms with Crippen molar-refractivity contribution in [3.63, 3.8) is 0 Å². The van der Waals surface area contributed by atoms with Gasteiger partial charge in [-0.3, -0.25) is 14.8 Å². The second kappa shape index (κ2) is 5.09. The molecule has 0 radical (unpaired) electrons.